The maximum atomic E-state index is 3.86. The fourth-order valence-electron chi connectivity index (χ4n) is 1.27. The van der Waals surface area contributed by atoms with Gasteiger partial charge in [0.25, 0.3) is 0 Å². The van der Waals surface area contributed by atoms with Crippen molar-refractivity contribution in [2.75, 3.05) is 0 Å². The summed E-state index contributed by atoms with van der Waals surface area (Å²) in [5.74, 6) is 0. The van der Waals surface area contributed by atoms with Crippen LogP contribution >= 0.6 is 0 Å². The lowest BCUT2D eigenvalue weighted by atomic mass is 10.1. The summed E-state index contributed by atoms with van der Waals surface area (Å²) in [5.41, 5.74) is 8.15. The number of hydrogen-bond acceptors (Lipinski definition) is 0. The van der Waals surface area contributed by atoms with Crippen LogP contribution in [0.2, 0.25) is 0 Å². The van der Waals surface area contributed by atoms with Gasteiger partial charge >= 0.3 is 0 Å². The number of allylic oxidation sites excluding steroid dienone is 2. The van der Waals surface area contributed by atoms with Gasteiger partial charge in [0.1, 0.15) is 0 Å². The highest BCUT2D eigenvalue weighted by atomic mass is 14.0. The molecule has 1 aromatic rings. The predicted octanol–water partition coefficient (Wildman–Crippen LogP) is 4.52. The van der Waals surface area contributed by atoms with Crippen LogP contribution in [0.25, 0.3) is 5.57 Å². The van der Waals surface area contributed by atoms with Gasteiger partial charge in [-0.3, -0.25) is 0 Å². The highest BCUT2D eigenvalue weighted by Gasteiger charge is 1.92. The van der Waals surface area contributed by atoms with Gasteiger partial charge in [0.15, 0.2) is 0 Å². The van der Waals surface area contributed by atoms with E-state index in [9.17, 15) is 0 Å². The molecule has 0 fully saturated rings. The largest absolute Gasteiger partial charge is 0.121 e. The first-order valence-corrected chi connectivity index (χ1v) is 5.23. The van der Waals surface area contributed by atoms with Crippen LogP contribution in [0.3, 0.4) is 0 Å². The quantitative estimate of drug-likeness (QED) is 0.495. The van der Waals surface area contributed by atoms with Gasteiger partial charge in [-0.2, -0.15) is 0 Å². The molecule has 0 heteroatoms. The van der Waals surface area contributed by atoms with Crippen LogP contribution in [0, 0.1) is 6.92 Å². The molecule has 1 rings (SSSR count). The van der Waals surface area contributed by atoms with Gasteiger partial charge in [0.05, 0.1) is 0 Å². The maximum Gasteiger partial charge on any atom is -0.00222 e. The minimum absolute atomic E-state index is 0.906. The zero-order chi connectivity index (χ0) is 11.3. The Kier molecular flexibility index (Phi) is 4.15. The van der Waals surface area contributed by atoms with Crippen molar-refractivity contribution in [2.45, 2.75) is 27.2 Å². The van der Waals surface area contributed by atoms with Gasteiger partial charge < -0.3 is 0 Å². The molecule has 0 aliphatic rings. The molecular formula is C15H18. The minimum atomic E-state index is 0.906. The van der Waals surface area contributed by atoms with E-state index in [1.165, 1.54) is 22.3 Å². The summed E-state index contributed by atoms with van der Waals surface area (Å²) in [6, 6.07) is 8.51. The second kappa shape index (κ2) is 5.38. The Hall–Kier alpha value is -1.52. The molecule has 0 aromatic heterocycles. The van der Waals surface area contributed by atoms with Gasteiger partial charge in [-0.15, -0.1) is 5.73 Å². The Morgan fingerprint density at radius 3 is 2.40 bits per heavy atom. The number of aryl methyl sites for hydroxylation is 1. The van der Waals surface area contributed by atoms with Crippen molar-refractivity contribution >= 4 is 5.57 Å². The average molecular weight is 198 g/mol. The monoisotopic (exact) mass is 198 g/mol. The molecule has 78 valence electrons. The molecule has 0 spiro atoms. The molecule has 0 unspecified atom stereocenters. The fraction of sp³-hybridized carbons (Fsp3) is 0.267. The molecular weight excluding hydrogens is 180 g/mol. The topological polar surface area (TPSA) is 0 Å². The molecule has 15 heavy (non-hydrogen) atoms. The zero-order valence-corrected chi connectivity index (χ0v) is 9.80. The van der Waals surface area contributed by atoms with E-state index >= 15 is 0 Å². The lowest BCUT2D eigenvalue weighted by Crippen LogP contribution is -1.78. The Balaban J connectivity index is 2.84. The highest BCUT2D eigenvalue weighted by Crippen LogP contribution is 2.13. The molecule has 0 saturated carbocycles. The number of rotatable bonds is 3. The van der Waals surface area contributed by atoms with E-state index in [0.717, 1.165) is 6.42 Å². The zero-order valence-electron chi connectivity index (χ0n) is 9.80. The SMILES string of the molecule is C=C(C)CC=C=C(C)c1ccc(C)cc1. The molecule has 0 aliphatic carbocycles. The summed E-state index contributed by atoms with van der Waals surface area (Å²) in [5, 5.41) is 0. The van der Waals surface area contributed by atoms with Gasteiger partial charge in [-0.1, -0.05) is 42.0 Å². The van der Waals surface area contributed by atoms with Crippen LogP contribution in [0.1, 0.15) is 31.4 Å². The van der Waals surface area contributed by atoms with Crippen LogP contribution in [-0.4, -0.2) is 0 Å². The maximum absolute atomic E-state index is 3.86. The van der Waals surface area contributed by atoms with E-state index in [2.05, 4.69) is 50.4 Å². The van der Waals surface area contributed by atoms with Crippen LogP contribution in [0.15, 0.2) is 48.2 Å². The van der Waals surface area contributed by atoms with E-state index in [1.807, 2.05) is 13.0 Å². The van der Waals surface area contributed by atoms with Crippen molar-refractivity contribution in [1.29, 1.82) is 0 Å². The molecule has 0 nitrogen and oxygen atoms in total. The summed E-state index contributed by atoms with van der Waals surface area (Å²) in [7, 11) is 0. The third-order valence-electron chi connectivity index (χ3n) is 2.25. The van der Waals surface area contributed by atoms with Gasteiger partial charge in [0, 0.05) is 0 Å². The summed E-state index contributed by atoms with van der Waals surface area (Å²) in [6.45, 7) is 10.1. The Morgan fingerprint density at radius 1 is 1.27 bits per heavy atom. The second-order valence-corrected chi connectivity index (χ2v) is 4.00. The van der Waals surface area contributed by atoms with Crippen molar-refractivity contribution in [3.05, 3.63) is 59.4 Å². The Morgan fingerprint density at radius 2 is 1.87 bits per heavy atom. The molecule has 0 amide bonds. The molecule has 0 atom stereocenters. The molecule has 0 radical (unpaired) electrons. The first-order valence-electron chi connectivity index (χ1n) is 5.23. The van der Waals surface area contributed by atoms with Crippen molar-refractivity contribution in [3.63, 3.8) is 0 Å². The summed E-state index contributed by atoms with van der Waals surface area (Å²) < 4.78 is 0. The first-order chi connectivity index (χ1) is 7.09. The van der Waals surface area contributed by atoms with Crippen LogP contribution in [-0.2, 0) is 0 Å². The van der Waals surface area contributed by atoms with Gasteiger partial charge in [0.2, 0.25) is 0 Å². The molecule has 0 saturated heterocycles. The molecule has 1 aromatic carbocycles. The van der Waals surface area contributed by atoms with E-state index in [0.29, 0.717) is 0 Å². The molecule has 0 aliphatic heterocycles. The first kappa shape index (κ1) is 11.6. The smallest absolute Gasteiger partial charge is 0.00222 e. The van der Waals surface area contributed by atoms with Crippen LogP contribution in [0.4, 0.5) is 0 Å². The third kappa shape index (κ3) is 4.01. The molecule has 0 heterocycles. The standard InChI is InChI=1S/C15H18/c1-12(2)6-5-7-14(4)15-10-8-13(3)9-11-15/h5,8-11H,1,6H2,2-4H3. The summed E-state index contributed by atoms with van der Waals surface area (Å²) in [6.07, 6.45) is 2.95. The second-order valence-electron chi connectivity index (χ2n) is 4.00. The molecule has 0 bridgehead atoms. The fourth-order valence-corrected chi connectivity index (χ4v) is 1.27. The summed E-state index contributed by atoms with van der Waals surface area (Å²) >= 11 is 0. The van der Waals surface area contributed by atoms with Crippen molar-refractivity contribution in [1.82, 2.24) is 0 Å². The molecule has 0 N–H and O–H groups in total. The lowest BCUT2D eigenvalue weighted by Gasteiger charge is -1.98. The lowest BCUT2D eigenvalue weighted by molar-refractivity contribution is 1.23. The Labute approximate surface area is 92.6 Å². The van der Waals surface area contributed by atoms with E-state index in [-0.39, 0.29) is 0 Å². The van der Waals surface area contributed by atoms with E-state index in [1.54, 1.807) is 0 Å². The van der Waals surface area contributed by atoms with Crippen LogP contribution in [0.5, 0.6) is 0 Å². The van der Waals surface area contributed by atoms with Crippen LogP contribution < -0.4 is 0 Å². The van der Waals surface area contributed by atoms with Gasteiger partial charge in [-0.25, -0.2) is 0 Å². The van der Waals surface area contributed by atoms with Crippen molar-refractivity contribution in [2.24, 2.45) is 0 Å². The third-order valence-corrected chi connectivity index (χ3v) is 2.25. The predicted molar refractivity (Wildman–Crippen MR) is 67.8 cm³/mol. The highest BCUT2D eigenvalue weighted by molar-refractivity contribution is 5.63. The van der Waals surface area contributed by atoms with Crippen molar-refractivity contribution < 1.29 is 0 Å². The average Bonchev–Trinajstić information content (AvgIpc) is 2.18. The Bertz CT molecular complexity index is 398. The normalized spacial score (nSPS) is 9.27. The number of benzene rings is 1. The van der Waals surface area contributed by atoms with Gasteiger partial charge in [-0.05, 0) is 44.4 Å². The van der Waals surface area contributed by atoms with E-state index in [4.69, 9.17) is 0 Å². The minimum Gasteiger partial charge on any atom is -0.121 e. The van der Waals surface area contributed by atoms with Crippen molar-refractivity contribution in [3.8, 4) is 0 Å². The van der Waals surface area contributed by atoms with E-state index < -0.39 is 0 Å². The summed E-state index contributed by atoms with van der Waals surface area (Å²) in [4.78, 5) is 0. The number of hydrogen-bond donors (Lipinski definition) is 0.